The summed E-state index contributed by atoms with van der Waals surface area (Å²) >= 11 is 0. The molecular weight excluding hydrogens is 378 g/mol. The van der Waals surface area contributed by atoms with Gasteiger partial charge in [0.1, 0.15) is 12.6 Å². The Kier molecular flexibility index (Phi) is 5.16. The molecule has 0 aliphatic carbocycles. The number of hydrogen-bond donors (Lipinski definition) is 1. The number of benzene rings is 2. The second-order valence-electron chi connectivity index (χ2n) is 7.07. The summed E-state index contributed by atoms with van der Waals surface area (Å²) in [7, 11) is -3.74. The average Bonchev–Trinajstić information content (AvgIpc) is 2.58. The Labute approximate surface area is 165 Å². The molecule has 0 unspecified atom stereocenters. The summed E-state index contributed by atoms with van der Waals surface area (Å²) in [5.74, 6) is -0.788. The van der Waals surface area contributed by atoms with Gasteiger partial charge in [0.2, 0.25) is 15.9 Å². The van der Waals surface area contributed by atoms with Crippen molar-refractivity contribution in [2.75, 3.05) is 27.3 Å². The van der Waals surface area contributed by atoms with Crippen LogP contribution in [-0.2, 0) is 19.6 Å². The third kappa shape index (κ3) is 3.87. The predicted octanol–water partition coefficient (Wildman–Crippen LogP) is 2.44. The van der Waals surface area contributed by atoms with E-state index in [-0.39, 0.29) is 12.5 Å². The van der Waals surface area contributed by atoms with Gasteiger partial charge in [0, 0.05) is 0 Å². The third-order valence-electron chi connectivity index (χ3n) is 4.56. The van der Waals surface area contributed by atoms with Crippen molar-refractivity contribution in [2.24, 2.45) is 0 Å². The summed E-state index contributed by atoms with van der Waals surface area (Å²) in [5, 5.41) is 2.73. The SMILES string of the molecule is Cc1cc(C)cc(N([C@H](C)C(=O)N2CC(=O)Nc3ccccc32)S(C)(=O)=O)c1. The van der Waals surface area contributed by atoms with Crippen molar-refractivity contribution in [1.82, 2.24) is 0 Å². The maximum absolute atomic E-state index is 13.3. The number of aryl methyl sites for hydroxylation is 2. The molecule has 8 heteroatoms. The number of amides is 2. The Hall–Kier alpha value is -2.87. The minimum absolute atomic E-state index is 0.162. The molecule has 0 aromatic heterocycles. The summed E-state index contributed by atoms with van der Waals surface area (Å²) in [6.45, 7) is 5.12. The number of carbonyl (C=O) groups excluding carboxylic acids is 2. The highest BCUT2D eigenvalue weighted by atomic mass is 32.2. The van der Waals surface area contributed by atoms with Gasteiger partial charge >= 0.3 is 0 Å². The van der Waals surface area contributed by atoms with Gasteiger partial charge < -0.3 is 5.32 Å². The first-order valence-electron chi connectivity index (χ1n) is 8.86. The molecule has 1 N–H and O–H groups in total. The van der Waals surface area contributed by atoms with E-state index in [1.165, 1.54) is 11.8 Å². The largest absolute Gasteiger partial charge is 0.323 e. The van der Waals surface area contributed by atoms with Crippen LogP contribution in [0.1, 0.15) is 18.1 Å². The first kappa shape index (κ1) is 19.9. The number of anilines is 3. The molecule has 0 fully saturated rings. The molecule has 0 spiro atoms. The van der Waals surface area contributed by atoms with Gasteiger partial charge in [-0.3, -0.25) is 18.8 Å². The summed E-state index contributed by atoms with van der Waals surface area (Å²) in [6.07, 6.45) is 1.07. The van der Waals surface area contributed by atoms with Crippen molar-refractivity contribution in [1.29, 1.82) is 0 Å². The zero-order valence-corrected chi connectivity index (χ0v) is 17.1. The van der Waals surface area contributed by atoms with Crippen LogP contribution >= 0.6 is 0 Å². The number of nitrogens with zero attached hydrogens (tertiary/aromatic N) is 2. The Bertz CT molecular complexity index is 1030. The van der Waals surface area contributed by atoms with Gasteiger partial charge in [-0.15, -0.1) is 0 Å². The fraction of sp³-hybridized carbons (Fsp3) is 0.300. The molecule has 148 valence electrons. The Morgan fingerprint density at radius 3 is 2.36 bits per heavy atom. The van der Waals surface area contributed by atoms with Gasteiger partial charge in [0.25, 0.3) is 5.91 Å². The lowest BCUT2D eigenvalue weighted by molar-refractivity contribution is -0.122. The van der Waals surface area contributed by atoms with Crippen molar-refractivity contribution in [3.05, 3.63) is 53.6 Å². The molecule has 0 saturated carbocycles. The molecule has 2 aromatic rings. The molecule has 3 rings (SSSR count). The maximum Gasteiger partial charge on any atom is 0.251 e. The van der Waals surface area contributed by atoms with Crippen LogP contribution in [0.5, 0.6) is 0 Å². The molecule has 1 aliphatic heterocycles. The van der Waals surface area contributed by atoms with Crippen molar-refractivity contribution in [2.45, 2.75) is 26.8 Å². The van der Waals surface area contributed by atoms with Crippen LogP contribution in [0.4, 0.5) is 17.1 Å². The lowest BCUT2D eigenvalue weighted by atomic mass is 10.1. The smallest absolute Gasteiger partial charge is 0.251 e. The van der Waals surface area contributed by atoms with E-state index in [2.05, 4.69) is 5.32 Å². The van der Waals surface area contributed by atoms with E-state index < -0.39 is 22.0 Å². The molecule has 0 radical (unpaired) electrons. The zero-order chi connectivity index (χ0) is 20.6. The molecule has 1 atom stereocenters. The summed E-state index contributed by atoms with van der Waals surface area (Å²) < 4.78 is 26.3. The molecule has 2 amide bonds. The lowest BCUT2D eigenvalue weighted by Crippen LogP contribution is -2.52. The van der Waals surface area contributed by atoms with Gasteiger partial charge in [0.05, 0.1) is 23.3 Å². The van der Waals surface area contributed by atoms with Gasteiger partial charge in [-0.1, -0.05) is 18.2 Å². The standard InChI is InChI=1S/C20H23N3O4S/c1-13-9-14(2)11-16(10-13)23(28(4,26)27)15(3)20(25)22-12-19(24)21-17-7-5-6-8-18(17)22/h5-11,15H,12H2,1-4H3,(H,21,24)/t15-/m1/s1. The predicted molar refractivity (Wildman–Crippen MR) is 110 cm³/mol. The maximum atomic E-state index is 13.3. The van der Waals surface area contributed by atoms with E-state index in [1.807, 2.05) is 19.9 Å². The average molecular weight is 401 g/mol. The van der Waals surface area contributed by atoms with Crippen LogP contribution in [0.2, 0.25) is 0 Å². The minimum Gasteiger partial charge on any atom is -0.323 e. The minimum atomic E-state index is -3.74. The highest BCUT2D eigenvalue weighted by Gasteiger charge is 2.35. The van der Waals surface area contributed by atoms with Gasteiger partial charge in [-0.25, -0.2) is 8.42 Å². The summed E-state index contributed by atoms with van der Waals surface area (Å²) in [5.41, 5.74) is 3.29. The number of carbonyl (C=O) groups is 2. The van der Waals surface area contributed by atoms with Crippen LogP contribution in [0, 0.1) is 13.8 Å². The van der Waals surface area contributed by atoms with Gasteiger partial charge in [-0.05, 0) is 56.2 Å². The summed E-state index contributed by atoms with van der Waals surface area (Å²) in [6, 6.07) is 11.3. The van der Waals surface area contributed by atoms with Crippen LogP contribution in [0.15, 0.2) is 42.5 Å². The molecule has 1 heterocycles. The number of sulfonamides is 1. The number of rotatable bonds is 4. The molecule has 28 heavy (non-hydrogen) atoms. The van der Waals surface area contributed by atoms with Crippen LogP contribution in [0.3, 0.4) is 0 Å². The first-order chi connectivity index (χ1) is 13.1. The number of fused-ring (bicyclic) bond motifs is 1. The highest BCUT2D eigenvalue weighted by Crippen LogP contribution is 2.31. The van der Waals surface area contributed by atoms with E-state index in [1.54, 1.807) is 36.4 Å². The second-order valence-corrected chi connectivity index (χ2v) is 8.93. The molecule has 2 aromatic carbocycles. The highest BCUT2D eigenvalue weighted by molar-refractivity contribution is 7.92. The lowest BCUT2D eigenvalue weighted by Gasteiger charge is -2.35. The zero-order valence-electron chi connectivity index (χ0n) is 16.3. The van der Waals surface area contributed by atoms with E-state index in [9.17, 15) is 18.0 Å². The quantitative estimate of drug-likeness (QED) is 0.853. The second kappa shape index (κ2) is 7.27. The number of hydrogen-bond acceptors (Lipinski definition) is 4. The van der Waals surface area contributed by atoms with E-state index in [0.717, 1.165) is 21.7 Å². The number of nitrogens with one attached hydrogen (secondary N) is 1. The van der Waals surface area contributed by atoms with E-state index >= 15 is 0 Å². The van der Waals surface area contributed by atoms with Gasteiger partial charge in [0.15, 0.2) is 0 Å². The molecule has 0 saturated heterocycles. The van der Waals surface area contributed by atoms with Crippen molar-refractivity contribution < 1.29 is 18.0 Å². The van der Waals surface area contributed by atoms with Crippen molar-refractivity contribution in [3.63, 3.8) is 0 Å². The Balaban J connectivity index is 2.03. The topological polar surface area (TPSA) is 86.8 Å². The van der Waals surface area contributed by atoms with Crippen molar-refractivity contribution >= 4 is 38.9 Å². The molecular formula is C20H23N3O4S. The molecule has 0 bridgehead atoms. The van der Waals surface area contributed by atoms with Crippen LogP contribution < -0.4 is 14.5 Å². The molecule has 7 nitrogen and oxygen atoms in total. The fourth-order valence-electron chi connectivity index (χ4n) is 3.54. The van der Waals surface area contributed by atoms with Crippen LogP contribution in [-0.4, -0.2) is 39.1 Å². The van der Waals surface area contributed by atoms with Crippen LogP contribution in [0.25, 0.3) is 0 Å². The normalized spacial score (nSPS) is 14.9. The van der Waals surface area contributed by atoms with Crippen molar-refractivity contribution in [3.8, 4) is 0 Å². The molecule has 1 aliphatic rings. The Morgan fingerprint density at radius 2 is 1.75 bits per heavy atom. The van der Waals surface area contributed by atoms with E-state index in [4.69, 9.17) is 0 Å². The number of para-hydroxylation sites is 2. The monoisotopic (exact) mass is 401 g/mol. The van der Waals surface area contributed by atoms with Gasteiger partial charge in [-0.2, -0.15) is 0 Å². The summed E-state index contributed by atoms with van der Waals surface area (Å²) in [4.78, 5) is 26.7. The van der Waals surface area contributed by atoms with E-state index in [0.29, 0.717) is 17.1 Å². The Morgan fingerprint density at radius 1 is 1.14 bits per heavy atom. The third-order valence-corrected chi connectivity index (χ3v) is 5.81. The fourth-order valence-corrected chi connectivity index (χ4v) is 4.69. The first-order valence-corrected chi connectivity index (χ1v) is 10.7.